The lowest BCUT2D eigenvalue weighted by molar-refractivity contribution is 0.0654. The van der Waals surface area contributed by atoms with Gasteiger partial charge in [0.05, 0.1) is 5.56 Å². The molecule has 116 valence electrons. The van der Waals surface area contributed by atoms with E-state index in [0.29, 0.717) is 19.0 Å². The van der Waals surface area contributed by atoms with Gasteiger partial charge in [0, 0.05) is 26.3 Å². The maximum absolute atomic E-state index is 13.2. The molecule has 5 heteroatoms. The van der Waals surface area contributed by atoms with Crippen LogP contribution in [0.3, 0.4) is 0 Å². The fourth-order valence-corrected chi connectivity index (χ4v) is 2.67. The van der Waals surface area contributed by atoms with Gasteiger partial charge in [-0.3, -0.25) is 4.79 Å². The van der Waals surface area contributed by atoms with Crippen LogP contribution in [0.25, 0.3) is 0 Å². The average Bonchev–Trinajstić information content (AvgIpc) is 2.50. The van der Waals surface area contributed by atoms with Crippen LogP contribution < -0.4 is 0 Å². The molecule has 1 saturated heterocycles. The number of carbonyl (C=O) groups is 1. The Labute approximate surface area is 124 Å². The number of nitrogens with zero attached hydrogens (tertiary/aromatic N) is 1. The number of aromatic hydroxyl groups is 1. The number of hydrogen-bond donors (Lipinski definition) is 1. The Bertz CT molecular complexity index is 484. The largest absolute Gasteiger partial charge is 0.507 e. The van der Waals surface area contributed by atoms with Crippen molar-refractivity contribution >= 4 is 5.91 Å². The number of rotatable bonds is 5. The lowest BCUT2D eigenvalue weighted by Gasteiger charge is -2.32. The molecule has 4 nitrogen and oxygen atoms in total. The normalized spacial score (nSPS) is 16.2. The quantitative estimate of drug-likeness (QED) is 0.850. The molecular formula is C16H22FNO3. The van der Waals surface area contributed by atoms with Crippen molar-refractivity contribution in [3.8, 4) is 5.75 Å². The number of phenols is 1. The second-order valence-corrected chi connectivity index (χ2v) is 5.38. The average molecular weight is 295 g/mol. The molecule has 0 radical (unpaired) electrons. The number of likely N-dealkylation sites (tertiary alicyclic amines) is 1. The molecule has 1 aromatic carbocycles. The second-order valence-electron chi connectivity index (χ2n) is 5.38. The van der Waals surface area contributed by atoms with E-state index in [1.807, 2.05) is 6.92 Å². The van der Waals surface area contributed by atoms with Crippen molar-refractivity contribution in [1.29, 1.82) is 0 Å². The fourth-order valence-electron chi connectivity index (χ4n) is 2.67. The summed E-state index contributed by atoms with van der Waals surface area (Å²) in [6, 6.07) is 3.46. The van der Waals surface area contributed by atoms with Crippen molar-refractivity contribution in [3.63, 3.8) is 0 Å². The summed E-state index contributed by atoms with van der Waals surface area (Å²) in [6.07, 6.45) is 2.87. The third-order valence-corrected chi connectivity index (χ3v) is 3.97. The molecule has 0 aromatic heterocycles. The van der Waals surface area contributed by atoms with Gasteiger partial charge in [-0.05, 0) is 50.3 Å². The number of amides is 1. The first-order valence-corrected chi connectivity index (χ1v) is 7.47. The van der Waals surface area contributed by atoms with Crippen LogP contribution in [0, 0.1) is 11.7 Å². The van der Waals surface area contributed by atoms with Gasteiger partial charge < -0.3 is 14.7 Å². The van der Waals surface area contributed by atoms with Crippen LogP contribution in [0.1, 0.15) is 36.5 Å². The first kappa shape index (κ1) is 15.8. The number of ether oxygens (including phenoxy) is 1. The maximum atomic E-state index is 13.2. The van der Waals surface area contributed by atoms with Gasteiger partial charge >= 0.3 is 0 Å². The van der Waals surface area contributed by atoms with Crippen molar-refractivity contribution in [3.05, 3.63) is 29.6 Å². The van der Waals surface area contributed by atoms with Gasteiger partial charge in [0.1, 0.15) is 11.6 Å². The van der Waals surface area contributed by atoms with E-state index in [4.69, 9.17) is 4.74 Å². The zero-order chi connectivity index (χ0) is 15.2. The molecule has 0 unspecified atom stereocenters. The van der Waals surface area contributed by atoms with E-state index in [1.165, 1.54) is 6.07 Å². The summed E-state index contributed by atoms with van der Waals surface area (Å²) in [4.78, 5) is 14.0. The highest BCUT2D eigenvalue weighted by Gasteiger charge is 2.25. The Morgan fingerprint density at radius 2 is 2.14 bits per heavy atom. The van der Waals surface area contributed by atoms with Crippen LogP contribution in [0.4, 0.5) is 4.39 Å². The first-order valence-electron chi connectivity index (χ1n) is 7.47. The molecule has 1 aliphatic heterocycles. The first-order chi connectivity index (χ1) is 10.1. The lowest BCUT2D eigenvalue weighted by Crippen LogP contribution is -2.38. The third-order valence-electron chi connectivity index (χ3n) is 3.97. The van der Waals surface area contributed by atoms with Gasteiger partial charge in [-0.2, -0.15) is 0 Å². The minimum atomic E-state index is -0.511. The molecule has 2 rings (SSSR count). The molecule has 1 amide bonds. The predicted octanol–water partition coefficient (Wildman–Crippen LogP) is 2.81. The molecule has 0 atom stereocenters. The van der Waals surface area contributed by atoms with Crippen molar-refractivity contribution in [2.24, 2.45) is 5.92 Å². The Kier molecular flexibility index (Phi) is 5.56. The van der Waals surface area contributed by atoms with E-state index in [2.05, 4.69) is 0 Å². The zero-order valence-electron chi connectivity index (χ0n) is 12.3. The molecule has 1 aromatic rings. The number of phenolic OH excluding ortho intramolecular Hbond substituents is 1. The Morgan fingerprint density at radius 1 is 1.43 bits per heavy atom. The SMILES string of the molecule is CCOCCC1CCN(C(=O)c2cc(F)ccc2O)CC1. The molecule has 0 spiro atoms. The van der Waals surface area contributed by atoms with E-state index >= 15 is 0 Å². The molecule has 0 bridgehead atoms. The molecule has 21 heavy (non-hydrogen) atoms. The van der Waals surface area contributed by atoms with Gasteiger partial charge in [-0.1, -0.05) is 0 Å². The summed E-state index contributed by atoms with van der Waals surface area (Å²) >= 11 is 0. The van der Waals surface area contributed by atoms with Crippen LogP contribution in [-0.2, 0) is 4.74 Å². The topological polar surface area (TPSA) is 49.8 Å². The number of piperidine rings is 1. The summed E-state index contributed by atoms with van der Waals surface area (Å²) in [5.41, 5.74) is 0.0442. The van der Waals surface area contributed by atoms with Gasteiger partial charge in [0.25, 0.3) is 5.91 Å². The summed E-state index contributed by atoms with van der Waals surface area (Å²) in [5.74, 6) is -0.403. The highest BCUT2D eigenvalue weighted by atomic mass is 19.1. The van der Waals surface area contributed by atoms with Gasteiger partial charge in [0.2, 0.25) is 0 Å². The number of hydrogen-bond acceptors (Lipinski definition) is 3. The second kappa shape index (κ2) is 7.41. The standard InChI is InChI=1S/C16H22FNO3/c1-2-21-10-7-12-5-8-18(9-6-12)16(20)14-11-13(17)3-4-15(14)19/h3-4,11-12,19H,2,5-10H2,1H3. The molecule has 0 aliphatic carbocycles. The molecule has 1 aliphatic rings. The zero-order valence-corrected chi connectivity index (χ0v) is 12.3. The Balaban J connectivity index is 1.89. The van der Waals surface area contributed by atoms with E-state index in [-0.39, 0.29) is 17.2 Å². The molecule has 1 fully saturated rings. The monoisotopic (exact) mass is 295 g/mol. The number of halogens is 1. The van der Waals surface area contributed by atoms with Gasteiger partial charge in [-0.25, -0.2) is 4.39 Å². The van der Waals surface area contributed by atoms with Gasteiger partial charge in [0.15, 0.2) is 0 Å². The number of carbonyl (C=O) groups excluding carboxylic acids is 1. The lowest BCUT2D eigenvalue weighted by atomic mass is 9.93. The molecule has 0 saturated carbocycles. The van der Waals surface area contributed by atoms with Gasteiger partial charge in [-0.15, -0.1) is 0 Å². The van der Waals surface area contributed by atoms with E-state index < -0.39 is 5.82 Å². The highest BCUT2D eigenvalue weighted by Crippen LogP contribution is 2.25. The Hall–Kier alpha value is -1.62. The van der Waals surface area contributed by atoms with Crippen LogP contribution in [0.2, 0.25) is 0 Å². The molecule has 1 heterocycles. The van der Waals surface area contributed by atoms with Crippen LogP contribution in [0.15, 0.2) is 18.2 Å². The summed E-state index contributed by atoms with van der Waals surface area (Å²) < 4.78 is 18.6. The summed E-state index contributed by atoms with van der Waals surface area (Å²) in [5, 5.41) is 9.70. The summed E-state index contributed by atoms with van der Waals surface area (Å²) in [6.45, 7) is 4.76. The minimum Gasteiger partial charge on any atom is -0.507 e. The maximum Gasteiger partial charge on any atom is 0.257 e. The summed E-state index contributed by atoms with van der Waals surface area (Å²) in [7, 11) is 0. The molecular weight excluding hydrogens is 273 g/mol. The fraction of sp³-hybridized carbons (Fsp3) is 0.562. The minimum absolute atomic E-state index is 0.0442. The van der Waals surface area contributed by atoms with Crippen LogP contribution in [0.5, 0.6) is 5.75 Å². The van der Waals surface area contributed by atoms with Crippen molar-refractivity contribution in [1.82, 2.24) is 4.90 Å². The third kappa shape index (κ3) is 4.17. The van der Waals surface area contributed by atoms with Crippen molar-refractivity contribution in [2.45, 2.75) is 26.2 Å². The van der Waals surface area contributed by atoms with E-state index in [9.17, 15) is 14.3 Å². The smallest absolute Gasteiger partial charge is 0.257 e. The van der Waals surface area contributed by atoms with E-state index in [1.54, 1.807) is 4.90 Å². The van der Waals surface area contributed by atoms with Crippen molar-refractivity contribution < 1.29 is 19.0 Å². The van der Waals surface area contributed by atoms with Crippen molar-refractivity contribution in [2.75, 3.05) is 26.3 Å². The van der Waals surface area contributed by atoms with E-state index in [0.717, 1.165) is 44.6 Å². The highest BCUT2D eigenvalue weighted by molar-refractivity contribution is 5.96. The predicted molar refractivity (Wildman–Crippen MR) is 77.8 cm³/mol. The molecule has 1 N–H and O–H groups in total. The Morgan fingerprint density at radius 3 is 2.81 bits per heavy atom. The van der Waals surface area contributed by atoms with Crippen LogP contribution in [-0.4, -0.2) is 42.2 Å². The number of benzene rings is 1. The van der Waals surface area contributed by atoms with Crippen LogP contribution >= 0.6 is 0 Å².